The number of anilines is 2. The van der Waals surface area contributed by atoms with Crippen LogP contribution in [-0.4, -0.2) is 42.2 Å². The fourth-order valence-electron chi connectivity index (χ4n) is 3.78. The van der Waals surface area contributed by atoms with Crippen LogP contribution in [0, 0.1) is 6.92 Å². The standard InChI is InChI=1S/C23H22N4O2S/c1-15-21(18-4-2-3-5-19(18)24-15)22(28)25-17-8-6-16(7-9-17)20-14-30-23(26-20)27-10-12-29-13-11-27/h2-9,14,24H,10-13H2,1H3,(H,25,28). The molecule has 1 aliphatic heterocycles. The van der Waals surface area contributed by atoms with E-state index in [1.54, 1.807) is 11.3 Å². The maximum absolute atomic E-state index is 12.9. The molecule has 0 aliphatic carbocycles. The molecule has 30 heavy (non-hydrogen) atoms. The topological polar surface area (TPSA) is 70.2 Å². The number of fused-ring (bicyclic) bond motifs is 1. The molecular formula is C23H22N4O2S. The molecule has 1 saturated heterocycles. The molecule has 0 spiro atoms. The second kappa shape index (κ2) is 7.93. The van der Waals surface area contributed by atoms with Gasteiger partial charge in [0.25, 0.3) is 5.91 Å². The van der Waals surface area contributed by atoms with Crippen molar-refractivity contribution < 1.29 is 9.53 Å². The first-order valence-electron chi connectivity index (χ1n) is 9.96. The Bertz CT molecular complexity index is 1190. The third kappa shape index (κ3) is 3.58. The number of aromatic nitrogens is 2. The summed E-state index contributed by atoms with van der Waals surface area (Å²) in [5.74, 6) is -0.110. The number of nitrogens with one attached hydrogen (secondary N) is 2. The molecule has 2 aromatic heterocycles. The van der Waals surface area contributed by atoms with Gasteiger partial charge in [-0.05, 0) is 25.1 Å². The van der Waals surface area contributed by atoms with Gasteiger partial charge in [0.15, 0.2) is 5.13 Å². The molecule has 4 aromatic rings. The summed E-state index contributed by atoms with van der Waals surface area (Å²) < 4.78 is 5.41. The van der Waals surface area contributed by atoms with Gasteiger partial charge >= 0.3 is 0 Å². The average molecular weight is 419 g/mol. The van der Waals surface area contributed by atoms with Gasteiger partial charge in [-0.15, -0.1) is 11.3 Å². The molecular weight excluding hydrogens is 396 g/mol. The SMILES string of the molecule is Cc1[nH]c2ccccc2c1C(=O)Nc1ccc(-c2csc(N3CCOCC3)n2)cc1. The second-order valence-electron chi connectivity index (χ2n) is 7.32. The Morgan fingerprint density at radius 3 is 2.70 bits per heavy atom. The van der Waals surface area contributed by atoms with Crippen LogP contribution in [-0.2, 0) is 4.74 Å². The van der Waals surface area contributed by atoms with Crippen molar-refractivity contribution in [1.82, 2.24) is 9.97 Å². The Labute approximate surface area is 178 Å². The summed E-state index contributed by atoms with van der Waals surface area (Å²) in [4.78, 5) is 23.2. The molecule has 2 N–H and O–H groups in total. The van der Waals surface area contributed by atoms with Crippen LogP contribution in [0.15, 0.2) is 53.9 Å². The molecule has 5 rings (SSSR count). The highest BCUT2D eigenvalue weighted by molar-refractivity contribution is 7.14. The number of ether oxygens (including phenoxy) is 1. The van der Waals surface area contributed by atoms with Gasteiger partial charge in [0, 0.05) is 46.3 Å². The van der Waals surface area contributed by atoms with E-state index in [1.807, 2.05) is 55.5 Å². The quantitative estimate of drug-likeness (QED) is 0.504. The van der Waals surface area contributed by atoms with Crippen molar-refractivity contribution in [2.45, 2.75) is 6.92 Å². The third-order valence-corrected chi connectivity index (χ3v) is 6.23. The fraction of sp³-hybridized carbons (Fsp3) is 0.217. The lowest BCUT2D eigenvalue weighted by Crippen LogP contribution is -2.36. The highest BCUT2D eigenvalue weighted by Crippen LogP contribution is 2.29. The van der Waals surface area contributed by atoms with E-state index in [4.69, 9.17) is 9.72 Å². The first-order chi connectivity index (χ1) is 14.7. The zero-order valence-electron chi connectivity index (χ0n) is 16.6. The van der Waals surface area contributed by atoms with E-state index in [2.05, 4.69) is 20.6 Å². The van der Waals surface area contributed by atoms with Crippen LogP contribution >= 0.6 is 11.3 Å². The number of carbonyl (C=O) groups excluding carboxylic acids is 1. The lowest BCUT2D eigenvalue weighted by molar-refractivity contribution is 0.102. The van der Waals surface area contributed by atoms with Crippen molar-refractivity contribution in [2.24, 2.45) is 0 Å². The van der Waals surface area contributed by atoms with Crippen LogP contribution in [0.25, 0.3) is 22.2 Å². The number of rotatable bonds is 4. The van der Waals surface area contributed by atoms with Crippen molar-refractivity contribution in [3.05, 3.63) is 65.2 Å². The van der Waals surface area contributed by atoms with Crippen LogP contribution in [0.5, 0.6) is 0 Å². The van der Waals surface area contributed by atoms with Gasteiger partial charge in [-0.2, -0.15) is 0 Å². The molecule has 0 saturated carbocycles. The lowest BCUT2D eigenvalue weighted by atomic mass is 10.1. The number of thiazole rings is 1. The zero-order valence-corrected chi connectivity index (χ0v) is 17.5. The largest absolute Gasteiger partial charge is 0.378 e. The number of hydrogen-bond donors (Lipinski definition) is 2. The summed E-state index contributed by atoms with van der Waals surface area (Å²) in [6.07, 6.45) is 0. The number of benzene rings is 2. The van der Waals surface area contributed by atoms with Gasteiger partial charge in [0.1, 0.15) is 0 Å². The van der Waals surface area contributed by atoms with Gasteiger partial charge in [-0.25, -0.2) is 4.98 Å². The number of H-pyrrole nitrogens is 1. The highest BCUT2D eigenvalue weighted by Gasteiger charge is 2.17. The smallest absolute Gasteiger partial charge is 0.258 e. The van der Waals surface area contributed by atoms with Crippen molar-refractivity contribution in [3.63, 3.8) is 0 Å². The Kier molecular flexibility index (Phi) is 4.98. The van der Waals surface area contributed by atoms with Crippen LogP contribution in [0.1, 0.15) is 16.1 Å². The Morgan fingerprint density at radius 1 is 1.13 bits per heavy atom. The molecule has 1 amide bonds. The Balaban J connectivity index is 1.32. The van der Waals surface area contributed by atoms with Crippen LogP contribution in [0.4, 0.5) is 10.8 Å². The number of hydrogen-bond acceptors (Lipinski definition) is 5. The first-order valence-corrected chi connectivity index (χ1v) is 10.8. The van der Waals surface area contributed by atoms with Gasteiger partial charge in [0.05, 0.1) is 24.5 Å². The highest BCUT2D eigenvalue weighted by atomic mass is 32.1. The Hall–Kier alpha value is -3.16. The molecule has 6 nitrogen and oxygen atoms in total. The zero-order chi connectivity index (χ0) is 20.5. The number of aryl methyl sites for hydroxylation is 1. The maximum atomic E-state index is 12.9. The molecule has 152 valence electrons. The summed E-state index contributed by atoms with van der Waals surface area (Å²) in [5, 5.41) is 7.05. The molecule has 0 bridgehead atoms. The summed E-state index contributed by atoms with van der Waals surface area (Å²) in [5.41, 5.74) is 5.26. The number of carbonyl (C=O) groups is 1. The van der Waals surface area contributed by atoms with E-state index in [0.29, 0.717) is 5.56 Å². The number of para-hydroxylation sites is 1. The second-order valence-corrected chi connectivity index (χ2v) is 8.15. The molecule has 3 heterocycles. The first kappa shape index (κ1) is 18.8. The third-order valence-electron chi connectivity index (χ3n) is 5.33. The molecule has 0 atom stereocenters. The molecule has 1 fully saturated rings. The Morgan fingerprint density at radius 2 is 1.90 bits per heavy atom. The van der Waals surface area contributed by atoms with Gasteiger partial charge < -0.3 is 19.9 Å². The summed E-state index contributed by atoms with van der Waals surface area (Å²) in [6, 6.07) is 15.7. The minimum atomic E-state index is -0.110. The van der Waals surface area contributed by atoms with Crippen LogP contribution in [0.2, 0.25) is 0 Å². The van der Waals surface area contributed by atoms with Gasteiger partial charge in [0.2, 0.25) is 0 Å². The van der Waals surface area contributed by atoms with Crippen molar-refractivity contribution >= 4 is 39.0 Å². The van der Waals surface area contributed by atoms with Crippen molar-refractivity contribution in [3.8, 4) is 11.3 Å². The average Bonchev–Trinajstić information content (AvgIpc) is 3.39. The predicted octanol–water partition coefficient (Wildman–Crippen LogP) is 4.69. The minimum Gasteiger partial charge on any atom is -0.378 e. The van der Waals surface area contributed by atoms with Crippen LogP contribution in [0.3, 0.4) is 0 Å². The van der Waals surface area contributed by atoms with E-state index in [0.717, 1.165) is 65.0 Å². The van der Waals surface area contributed by atoms with E-state index in [-0.39, 0.29) is 5.91 Å². The predicted molar refractivity (Wildman–Crippen MR) is 122 cm³/mol. The summed E-state index contributed by atoms with van der Waals surface area (Å²) in [7, 11) is 0. The minimum absolute atomic E-state index is 0.110. The number of morpholine rings is 1. The number of aromatic amines is 1. The molecule has 2 aromatic carbocycles. The van der Waals surface area contributed by atoms with Crippen molar-refractivity contribution in [2.75, 3.05) is 36.5 Å². The molecule has 0 unspecified atom stereocenters. The van der Waals surface area contributed by atoms with E-state index in [1.165, 1.54) is 0 Å². The van der Waals surface area contributed by atoms with Crippen molar-refractivity contribution in [1.29, 1.82) is 0 Å². The van der Waals surface area contributed by atoms with Gasteiger partial charge in [-0.1, -0.05) is 30.3 Å². The lowest BCUT2D eigenvalue weighted by Gasteiger charge is -2.26. The van der Waals surface area contributed by atoms with E-state index < -0.39 is 0 Å². The van der Waals surface area contributed by atoms with Gasteiger partial charge in [-0.3, -0.25) is 4.79 Å². The van der Waals surface area contributed by atoms with Crippen LogP contribution < -0.4 is 10.2 Å². The molecule has 1 aliphatic rings. The van der Waals surface area contributed by atoms with E-state index in [9.17, 15) is 4.79 Å². The molecule has 7 heteroatoms. The fourth-order valence-corrected chi connectivity index (χ4v) is 4.67. The number of amides is 1. The summed E-state index contributed by atoms with van der Waals surface area (Å²) >= 11 is 1.65. The number of nitrogens with zero attached hydrogens (tertiary/aromatic N) is 2. The molecule has 0 radical (unpaired) electrons. The normalized spacial score (nSPS) is 14.2. The van der Waals surface area contributed by atoms with E-state index >= 15 is 0 Å². The maximum Gasteiger partial charge on any atom is 0.258 e. The summed E-state index contributed by atoms with van der Waals surface area (Å²) in [6.45, 7) is 5.18. The monoisotopic (exact) mass is 418 g/mol.